The van der Waals surface area contributed by atoms with Gasteiger partial charge in [-0.2, -0.15) is 0 Å². The van der Waals surface area contributed by atoms with E-state index < -0.39 is 5.79 Å². The molecule has 1 aliphatic heterocycles. The number of nitrogens with zero attached hydrogens (tertiary/aromatic N) is 4. The Bertz CT molecular complexity index is 1590. The Hall–Kier alpha value is -3.07. The molecule has 2 fully saturated rings. The molecule has 4 aromatic rings. The monoisotopic (exact) mass is 519 g/mol. The van der Waals surface area contributed by atoms with Gasteiger partial charge in [-0.05, 0) is 74.9 Å². The van der Waals surface area contributed by atoms with E-state index in [-0.39, 0.29) is 34.9 Å². The number of benzene rings is 1. The molecule has 1 saturated heterocycles. The lowest BCUT2D eigenvalue weighted by Gasteiger charge is -2.22. The molecule has 9 heteroatoms. The maximum atomic E-state index is 14.9. The Morgan fingerprint density at radius 2 is 1.97 bits per heavy atom. The molecule has 3 atom stereocenters. The molecule has 1 saturated carbocycles. The number of anilines is 1. The Kier molecular flexibility index (Phi) is 5.12. The van der Waals surface area contributed by atoms with Crippen molar-refractivity contribution in [3.05, 3.63) is 70.5 Å². The molecule has 0 spiro atoms. The van der Waals surface area contributed by atoms with Crippen molar-refractivity contribution in [2.24, 2.45) is 0 Å². The number of rotatable bonds is 5. The summed E-state index contributed by atoms with van der Waals surface area (Å²) in [5, 5.41) is 1.73. The molecule has 1 aromatic carbocycles. The van der Waals surface area contributed by atoms with Gasteiger partial charge in [0.2, 0.25) is 0 Å². The Morgan fingerprint density at radius 3 is 2.78 bits per heavy atom. The summed E-state index contributed by atoms with van der Waals surface area (Å²) in [6, 6.07) is 7.01. The van der Waals surface area contributed by atoms with Gasteiger partial charge >= 0.3 is 0 Å². The van der Waals surface area contributed by atoms with E-state index in [0.717, 1.165) is 27.9 Å². The first-order chi connectivity index (χ1) is 17.8. The van der Waals surface area contributed by atoms with Crippen molar-refractivity contribution in [2.75, 3.05) is 5.73 Å². The van der Waals surface area contributed by atoms with E-state index in [1.165, 1.54) is 18.9 Å². The SMILES string of the molecule is CC1(C)O[C@@H]2[C@H](O1)C(CCc1cc(F)c3cc(Cl)c(N)nc3c1)=C[C@H]2n1ccc2c(C3CC3)ncnc21. The van der Waals surface area contributed by atoms with Gasteiger partial charge in [-0.25, -0.2) is 19.3 Å². The van der Waals surface area contributed by atoms with E-state index in [2.05, 4.69) is 37.9 Å². The van der Waals surface area contributed by atoms with Gasteiger partial charge in [0.1, 0.15) is 35.8 Å². The van der Waals surface area contributed by atoms with Crippen molar-refractivity contribution < 1.29 is 13.9 Å². The summed E-state index contributed by atoms with van der Waals surface area (Å²) in [6.07, 6.45) is 9.34. The van der Waals surface area contributed by atoms with Gasteiger partial charge in [-0.3, -0.25) is 0 Å². The van der Waals surface area contributed by atoms with Crippen molar-refractivity contribution in [1.82, 2.24) is 19.5 Å². The van der Waals surface area contributed by atoms with Crippen LogP contribution in [0.1, 0.15) is 56.3 Å². The summed E-state index contributed by atoms with van der Waals surface area (Å²) in [6.45, 7) is 3.89. The van der Waals surface area contributed by atoms with Crippen LogP contribution in [0.4, 0.5) is 10.2 Å². The molecule has 2 N–H and O–H groups in total. The predicted octanol–water partition coefficient (Wildman–Crippen LogP) is 5.87. The number of ether oxygens (including phenoxy) is 2. The van der Waals surface area contributed by atoms with Crippen LogP contribution in [0.5, 0.6) is 0 Å². The largest absolute Gasteiger partial charge is 0.382 e. The second-order valence-corrected chi connectivity index (χ2v) is 11.2. The smallest absolute Gasteiger partial charge is 0.164 e. The zero-order valence-corrected chi connectivity index (χ0v) is 21.4. The van der Waals surface area contributed by atoms with Gasteiger partial charge < -0.3 is 19.8 Å². The first kappa shape index (κ1) is 23.1. The number of aromatic nitrogens is 4. The fraction of sp³-hybridized carbons (Fsp3) is 0.393. The summed E-state index contributed by atoms with van der Waals surface area (Å²) in [4.78, 5) is 13.5. The van der Waals surface area contributed by atoms with Crippen molar-refractivity contribution in [2.45, 2.75) is 69.5 Å². The van der Waals surface area contributed by atoms with Gasteiger partial charge in [0.05, 0.1) is 22.3 Å². The van der Waals surface area contributed by atoms with Crippen molar-refractivity contribution in [3.63, 3.8) is 0 Å². The molecule has 0 bridgehead atoms. The number of halogens is 2. The van der Waals surface area contributed by atoms with Gasteiger partial charge in [0.15, 0.2) is 5.79 Å². The summed E-state index contributed by atoms with van der Waals surface area (Å²) < 4.78 is 29.8. The molecule has 4 heterocycles. The van der Waals surface area contributed by atoms with Crippen LogP contribution in [0.15, 0.2) is 48.4 Å². The minimum atomic E-state index is -0.694. The zero-order valence-electron chi connectivity index (χ0n) is 20.6. The minimum absolute atomic E-state index is 0.0572. The van der Waals surface area contributed by atoms with Gasteiger partial charge in [-0.15, -0.1) is 0 Å². The maximum Gasteiger partial charge on any atom is 0.164 e. The highest BCUT2D eigenvalue weighted by Crippen LogP contribution is 2.46. The van der Waals surface area contributed by atoms with E-state index in [4.69, 9.17) is 26.8 Å². The average Bonchev–Trinajstić information content (AvgIpc) is 3.42. The molecule has 3 aromatic heterocycles. The molecule has 7 nitrogen and oxygen atoms in total. The van der Waals surface area contributed by atoms with Crippen LogP contribution in [-0.4, -0.2) is 37.5 Å². The molecule has 0 radical (unpaired) electrons. The lowest BCUT2D eigenvalue weighted by atomic mass is 10.0. The number of pyridine rings is 1. The van der Waals surface area contributed by atoms with Crippen LogP contribution in [0.3, 0.4) is 0 Å². The number of nitrogen functional groups attached to an aromatic ring is 1. The molecule has 7 rings (SSSR count). The second-order valence-electron chi connectivity index (χ2n) is 10.7. The average molecular weight is 520 g/mol. The second kappa shape index (κ2) is 8.21. The van der Waals surface area contributed by atoms with Crippen LogP contribution in [0, 0.1) is 5.82 Å². The molecule has 3 aliphatic rings. The maximum absolute atomic E-state index is 14.9. The highest BCUT2D eigenvalue weighted by Gasteiger charge is 2.50. The Balaban J connectivity index is 1.21. The Morgan fingerprint density at radius 1 is 1.14 bits per heavy atom. The lowest BCUT2D eigenvalue weighted by molar-refractivity contribution is -0.147. The van der Waals surface area contributed by atoms with Crippen molar-refractivity contribution in [3.8, 4) is 0 Å². The topological polar surface area (TPSA) is 88.1 Å². The normalized spacial score (nSPS) is 24.6. The summed E-state index contributed by atoms with van der Waals surface area (Å²) >= 11 is 6.04. The summed E-state index contributed by atoms with van der Waals surface area (Å²) in [5.41, 5.74) is 10.4. The summed E-state index contributed by atoms with van der Waals surface area (Å²) in [5.74, 6) is -0.317. The first-order valence-electron chi connectivity index (χ1n) is 12.7. The van der Waals surface area contributed by atoms with E-state index in [0.29, 0.717) is 29.7 Å². The van der Waals surface area contributed by atoms with E-state index in [1.54, 1.807) is 12.4 Å². The fourth-order valence-electron chi connectivity index (χ4n) is 5.82. The molecule has 0 unspecified atom stereocenters. The van der Waals surface area contributed by atoms with Gasteiger partial charge in [0.25, 0.3) is 0 Å². The molecule has 2 aliphatic carbocycles. The zero-order chi connectivity index (χ0) is 25.5. The van der Waals surface area contributed by atoms with Crippen molar-refractivity contribution >= 4 is 39.4 Å². The molecule has 0 amide bonds. The third-order valence-electron chi connectivity index (χ3n) is 7.67. The summed E-state index contributed by atoms with van der Waals surface area (Å²) in [7, 11) is 0. The molecular weight excluding hydrogens is 493 g/mol. The number of hydrogen-bond donors (Lipinski definition) is 1. The Labute approximate surface area is 218 Å². The number of fused-ring (bicyclic) bond motifs is 3. The van der Waals surface area contributed by atoms with E-state index in [1.807, 2.05) is 19.9 Å². The highest BCUT2D eigenvalue weighted by atomic mass is 35.5. The predicted molar refractivity (Wildman–Crippen MR) is 140 cm³/mol. The molecule has 37 heavy (non-hydrogen) atoms. The molecule has 190 valence electrons. The first-order valence-corrected chi connectivity index (χ1v) is 13.1. The van der Waals surface area contributed by atoms with E-state index >= 15 is 0 Å². The third kappa shape index (κ3) is 3.90. The van der Waals surface area contributed by atoms with Crippen LogP contribution in [-0.2, 0) is 15.9 Å². The number of aryl methyl sites for hydroxylation is 1. The van der Waals surface area contributed by atoms with Crippen LogP contribution in [0.2, 0.25) is 5.02 Å². The van der Waals surface area contributed by atoms with Crippen LogP contribution >= 0.6 is 11.6 Å². The minimum Gasteiger partial charge on any atom is -0.382 e. The highest BCUT2D eigenvalue weighted by molar-refractivity contribution is 6.33. The quantitative estimate of drug-likeness (QED) is 0.332. The van der Waals surface area contributed by atoms with E-state index in [9.17, 15) is 4.39 Å². The van der Waals surface area contributed by atoms with Gasteiger partial charge in [-0.1, -0.05) is 17.7 Å². The number of hydrogen-bond acceptors (Lipinski definition) is 6. The third-order valence-corrected chi connectivity index (χ3v) is 7.97. The van der Waals surface area contributed by atoms with Crippen molar-refractivity contribution in [1.29, 1.82) is 0 Å². The fourth-order valence-corrected chi connectivity index (χ4v) is 5.97. The lowest BCUT2D eigenvalue weighted by Crippen LogP contribution is -2.27. The van der Waals surface area contributed by atoms with Gasteiger partial charge in [0, 0.05) is 22.9 Å². The van der Waals surface area contributed by atoms with Crippen LogP contribution < -0.4 is 5.73 Å². The van der Waals surface area contributed by atoms with Crippen LogP contribution in [0.25, 0.3) is 21.9 Å². The number of nitrogens with two attached hydrogens (primary N) is 1. The molecular formula is C28H27ClFN5O2. The standard InChI is InChI=1S/C28H27ClFN5O2/c1-28(2)36-24-16(4-3-14-9-20(30)18-12-19(29)26(31)34-21(18)10-14)11-22(25(24)37-28)35-8-7-17-23(15-5-6-15)32-13-33-27(17)35/h7-13,15,22,24-25H,3-6H2,1-2H3,(H2,31,34)/t22-,24-,25+/m1/s1.